The fourth-order valence-corrected chi connectivity index (χ4v) is 3.49. The quantitative estimate of drug-likeness (QED) is 0.540. The summed E-state index contributed by atoms with van der Waals surface area (Å²) in [6, 6.07) is 19.3. The lowest BCUT2D eigenvalue weighted by Gasteiger charge is -2.23. The first kappa shape index (κ1) is 19.9. The fraction of sp³-hybridized carbons (Fsp3) is 0.333. The molecule has 146 valence electrons. The van der Waals surface area contributed by atoms with Crippen LogP contribution < -0.4 is 10.2 Å². The highest BCUT2D eigenvalue weighted by atomic mass is 16.2. The zero-order valence-corrected chi connectivity index (χ0v) is 16.3. The molecule has 0 aliphatic heterocycles. The molecule has 0 atom stereocenters. The highest BCUT2D eigenvalue weighted by Crippen LogP contribution is 2.20. The van der Waals surface area contributed by atoms with E-state index in [0.29, 0.717) is 13.1 Å². The van der Waals surface area contributed by atoms with Gasteiger partial charge in [0.1, 0.15) is 6.42 Å². The molecule has 0 unspecified atom stereocenters. The summed E-state index contributed by atoms with van der Waals surface area (Å²) in [5.41, 5.74) is 3.26. The van der Waals surface area contributed by atoms with Crippen LogP contribution in [0.1, 0.15) is 44.1 Å². The van der Waals surface area contributed by atoms with Crippen LogP contribution in [0.2, 0.25) is 0 Å². The van der Waals surface area contributed by atoms with Crippen molar-refractivity contribution < 1.29 is 9.59 Å². The van der Waals surface area contributed by atoms with Crippen molar-refractivity contribution in [1.82, 2.24) is 5.32 Å². The molecule has 0 radical (unpaired) electrons. The van der Waals surface area contributed by atoms with Crippen LogP contribution in [0.4, 0.5) is 5.69 Å². The number of amides is 2. The Morgan fingerprint density at radius 3 is 2.32 bits per heavy atom. The van der Waals surface area contributed by atoms with E-state index in [1.807, 2.05) is 60.7 Å². The van der Waals surface area contributed by atoms with Crippen molar-refractivity contribution in [2.75, 3.05) is 11.4 Å². The van der Waals surface area contributed by atoms with Crippen LogP contribution in [-0.2, 0) is 16.1 Å². The molecule has 0 saturated heterocycles. The van der Waals surface area contributed by atoms with E-state index in [0.717, 1.165) is 30.5 Å². The first-order valence-electron chi connectivity index (χ1n) is 10.1. The number of anilines is 1. The summed E-state index contributed by atoms with van der Waals surface area (Å²) >= 11 is 0. The normalized spacial score (nSPS) is 13.5. The minimum Gasteiger partial charge on any atom is -0.355 e. The highest BCUT2D eigenvalue weighted by molar-refractivity contribution is 6.04. The predicted molar refractivity (Wildman–Crippen MR) is 113 cm³/mol. The van der Waals surface area contributed by atoms with Gasteiger partial charge in [0, 0.05) is 12.2 Å². The van der Waals surface area contributed by atoms with Gasteiger partial charge >= 0.3 is 0 Å². The molecule has 0 spiro atoms. The maximum Gasteiger partial charge on any atom is 0.236 e. The third-order valence-corrected chi connectivity index (χ3v) is 5.02. The van der Waals surface area contributed by atoms with Gasteiger partial charge in [0.05, 0.1) is 6.54 Å². The van der Waals surface area contributed by atoms with Gasteiger partial charge < -0.3 is 10.2 Å². The average Bonchev–Trinajstić information content (AvgIpc) is 2.74. The number of nitrogens with zero attached hydrogens (tertiary/aromatic N) is 1. The first-order chi connectivity index (χ1) is 13.7. The van der Waals surface area contributed by atoms with Crippen molar-refractivity contribution in [3.63, 3.8) is 0 Å². The highest BCUT2D eigenvalue weighted by Gasteiger charge is 2.19. The van der Waals surface area contributed by atoms with Crippen molar-refractivity contribution in [2.24, 2.45) is 0 Å². The monoisotopic (exact) mass is 376 g/mol. The Labute approximate surface area is 167 Å². The summed E-state index contributed by atoms with van der Waals surface area (Å²) < 4.78 is 0. The van der Waals surface area contributed by atoms with E-state index in [4.69, 9.17) is 0 Å². The van der Waals surface area contributed by atoms with Gasteiger partial charge in [-0.3, -0.25) is 9.59 Å². The number of nitrogens with one attached hydrogen (secondary N) is 1. The van der Waals surface area contributed by atoms with E-state index >= 15 is 0 Å². The maximum absolute atomic E-state index is 12.9. The molecule has 0 bridgehead atoms. The standard InChI is InChI=1S/C24H28N2O2/c27-23(25-17-16-20-10-4-1-5-11-20)18-24(28)26(22-14-8-3-9-15-22)19-21-12-6-2-7-13-21/h2-3,6-10,12-15H,1,4-5,11,16-19H2,(H,25,27). The molecule has 2 aromatic carbocycles. The van der Waals surface area contributed by atoms with Gasteiger partial charge in [-0.1, -0.05) is 60.2 Å². The predicted octanol–water partition coefficient (Wildman–Crippen LogP) is 4.62. The van der Waals surface area contributed by atoms with Gasteiger partial charge in [-0.2, -0.15) is 0 Å². The third-order valence-electron chi connectivity index (χ3n) is 5.02. The zero-order chi connectivity index (χ0) is 19.6. The smallest absolute Gasteiger partial charge is 0.236 e. The maximum atomic E-state index is 12.9. The molecule has 1 aliphatic rings. The Morgan fingerprint density at radius 2 is 1.64 bits per heavy atom. The molecule has 3 rings (SSSR count). The largest absolute Gasteiger partial charge is 0.355 e. The number of carbonyl (C=O) groups excluding carboxylic acids is 2. The summed E-state index contributed by atoms with van der Waals surface area (Å²) in [6.07, 6.45) is 7.82. The average molecular weight is 377 g/mol. The first-order valence-corrected chi connectivity index (χ1v) is 10.1. The van der Waals surface area contributed by atoms with E-state index in [2.05, 4.69) is 11.4 Å². The van der Waals surface area contributed by atoms with Crippen LogP contribution in [0, 0.1) is 0 Å². The van der Waals surface area contributed by atoms with Gasteiger partial charge in [-0.15, -0.1) is 0 Å². The van der Waals surface area contributed by atoms with Crippen molar-refractivity contribution in [3.8, 4) is 0 Å². The molecule has 28 heavy (non-hydrogen) atoms. The number of hydrogen-bond acceptors (Lipinski definition) is 2. The van der Waals surface area contributed by atoms with E-state index in [1.54, 1.807) is 4.90 Å². The molecule has 2 aromatic rings. The zero-order valence-electron chi connectivity index (χ0n) is 16.3. The molecule has 0 aromatic heterocycles. The molecule has 4 nitrogen and oxygen atoms in total. The van der Waals surface area contributed by atoms with Crippen molar-refractivity contribution >= 4 is 17.5 Å². The Balaban J connectivity index is 1.57. The topological polar surface area (TPSA) is 49.4 Å². The Morgan fingerprint density at radius 1 is 0.929 bits per heavy atom. The molecule has 1 N–H and O–H groups in total. The summed E-state index contributed by atoms with van der Waals surface area (Å²) in [5.74, 6) is -0.403. The summed E-state index contributed by atoms with van der Waals surface area (Å²) in [5, 5.41) is 2.90. The fourth-order valence-electron chi connectivity index (χ4n) is 3.49. The summed E-state index contributed by atoms with van der Waals surface area (Å²) in [6.45, 7) is 1.05. The lowest BCUT2D eigenvalue weighted by molar-refractivity contribution is -0.128. The van der Waals surface area contributed by atoms with Crippen LogP contribution in [0.25, 0.3) is 0 Å². The summed E-state index contributed by atoms with van der Waals surface area (Å²) in [7, 11) is 0. The van der Waals surface area contributed by atoms with Crippen LogP contribution in [0.15, 0.2) is 72.3 Å². The van der Waals surface area contributed by atoms with Gasteiger partial charge in [0.2, 0.25) is 11.8 Å². The third kappa shape index (κ3) is 6.08. The number of carbonyl (C=O) groups is 2. The molecule has 2 amide bonds. The van der Waals surface area contributed by atoms with Crippen LogP contribution >= 0.6 is 0 Å². The Kier molecular flexibility index (Phi) is 7.42. The van der Waals surface area contributed by atoms with E-state index < -0.39 is 0 Å². The van der Waals surface area contributed by atoms with E-state index in [-0.39, 0.29) is 18.2 Å². The van der Waals surface area contributed by atoms with Gasteiger partial charge in [-0.25, -0.2) is 0 Å². The number of rotatable bonds is 8. The Hall–Kier alpha value is -2.88. The molecule has 0 heterocycles. The van der Waals surface area contributed by atoms with Crippen LogP contribution in [0.3, 0.4) is 0 Å². The van der Waals surface area contributed by atoms with E-state index in [9.17, 15) is 9.59 Å². The minimum absolute atomic E-state index is 0.138. The second kappa shape index (κ2) is 10.5. The number of hydrogen-bond donors (Lipinski definition) is 1. The number of allylic oxidation sites excluding steroid dienone is 1. The molecular weight excluding hydrogens is 348 g/mol. The van der Waals surface area contributed by atoms with Gasteiger partial charge in [-0.05, 0) is 49.8 Å². The van der Waals surface area contributed by atoms with Crippen molar-refractivity contribution in [3.05, 3.63) is 77.9 Å². The molecule has 4 heteroatoms. The molecule has 0 fully saturated rings. The second-order valence-electron chi connectivity index (χ2n) is 7.19. The number of benzene rings is 2. The number of para-hydroxylation sites is 1. The SMILES string of the molecule is O=C(CC(=O)N(Cc1ccccc1)c1ccccc1)NCCC1=CCCCC1. The summed E-state index contributed by atoms with van der Waals surface area (Å²) in [4.78, 5) is 26.9. The molecule has 0 saturated carbocycles. The van der Waals surface area contributed by atoms with Gasteiger partial charge in [0.15, 0.2) is 0 Å². The van der Waals surface area contributed by atoms with Gasteiger partial charge in [0.25, 0.3) is 0 Å². The molecular formula is C24H28N2O2. The minimum atomic E-state index is -0.213. The lowest BCUT2D eigenvalue weighted by Crippen LogP contribution is -2.35. The van der Waals surface area contributed by atoms with Crippen LogP contribution in [-0.4, -0.2) is 18.4 Å². The second-order valence-corrected chi connectivity index (χ2v) is 7.19. The van der Waals surface area contributed by atoms with Crippen molar-refractivity contribution in [1.29, 1.82) is 0 Å². The van der Waals surface area contributed by atoms with Crippen molar-refractivity contribution in [2.45, 2.75) is 45.1 Å². The lowest BCUT2D eigenvalue weighted by atomic mass is 9.97. The van der Waals surface area contributed by atoms with E-state index in [1.165, 1.54) is 18.4 Å². The van der Waals surface area contributed by atoms with Crippen LogP contribution in [0.5, 0.6) is 0 Å². The Bertz CT molecular complexity index is 800. The molecule has 1 aliphatic carbocycles.